The van der Waals surface area contributed by atoms with Gasteiger partial charge in [0.15, 0.2) is 0 Å². The zero-order chi connectivity index (χ0) is 13.3. The normalized spacial score (nSPS) is 10.5. The Morgan fingerprint density at radius 3 is 1.50 bits per heavy atom. The van der Waals surface area contributed by atoms with E-state index in [9.17, 15) is 5.21 Å². The van der Waals surface area contributed by atoms with Crippen LogP contribution in [0.5, 0.6) is 0 Å². The van der Waals surface area contributed by atoms with Crippen molar-refractivity contribution < 1.29 is 5.21 Å². The summed E-state index contributed by atoms with van der Waals surface area (Å²) in [4.78, 5) is 0. The van der Waals surface area contributed by atoms with Gasteiger partial charge in [-0.05, 0) is 62.1 Å². The van der Waals surface area contributed by atoms with Crippen molar-refractivity contribution in [2.45, 2.75) is 27.7 Å². The van der Waals surface area contributed by atoms with Crippen LogP contribution in [0.25, 0.3) is 0 Å². The maximum absolute atomic E-state index is 10.4. The Hall–Kier alpha value is -1.80. The van der Waals surface area contributed by atoms with Crippen LogP contribution in [0, 0.1) is 27.7 Å². The number of benzene rings is 2. The maximum atomic E-state index is 10.4. The SMILES string of the molecule is Cc1cccc(N(O)c2cccc(C)c2C)c1C. The highest BCUT2D eigenvalue weighted by Crippen LogP contribution is 2.31. The maximum Gasteiger partial charge on any atom is 0.0724 e. The topological polar surface area (TPSA) is 23.5 Å². The van der Waals surface area contributed by atoms with Crippen molar-refractivity contribution in [2.24, 2.45) is 0 Å². The van der Waals surface area contributed by atoms with Gasteiger partial charge in [0.05, 0.1) is 11.4 Å². The van der Waals surface area contributed by atoms with Crippen molar-refractivity contribution >= 4 is 11.4 Å². The lowest BCUT2D eigenvalue weighted by Crippen LogP contribution is -2.14. The van der Waals surface area contributed by atoms with E-state index in [0.717, 1.165) is 22.5 Å². The molecule has 0 aliphatic heterocycles. The number of hydrogen-bond acceptors (Lipinski definition) is 2. The van der Waals surface area contributed by atoms with Gasteiger partial charge < -0.3 is 0 Å². The smallest absolute Gasteiger partial charge is 0.0724 e. The van der Waals surface area contributed by atoms with E-state index in [1.807, 2.05) is 38.1 Å². The van der Waals surface area contributed by atoms with Crippen LogP contribution in [0.1, 0.15) is 22.3 Å². The molecule has 0 spiro atoms. The van der Waals surface area contributed by atoms with Gasteiger partial charge in [0.1, 0.15) is 0 Å². The van der Waals surface area contributed by atoms with Gasteiger partial charge in [-0.2, -0.15) is 0 Å². The Bertz CT molecular complexity index is 524. The number of anilines is 2. The average Bonchev–Trinajstić information content (AvgIpc) is 2.35. The Morgan fingerprint density at radius 1 is 0.722 bits per heavy atom. The highest BCUT2D eigenvalue weighted by molar-refractivity contribution is 5.68. The molecular formula is C16H19NO. The fourth-order valence-electron chi connectivity index (χ4n) is 2.06. The summed E-state index contributed by atoms with van der Waals surface area (Å²) in [5, 5.41) is 11.7. The molecule has 0 heterocycles. The molecule has 0 unspecified atom stereocenters. The van der Waals surface area contributed by atoms with Gasteiger partial charge in [0.2, 0.25) is 0 Å². The molecule has 0 amide bonds. The number of rotatable bonds is 2. The molecule has 0 saturated carbocycles. The van der Waals surface area contributed by atoms with E-state index in [-0.39, 0.29) is 0 Å². The summed E-state index contributed by atoms with van der Waals surface area (Å²) >= 11 is 0. The van der Waals surface area contributed by atoms with E-state index < -0.39 is 0 Å². The fourth-order valence-corrected chi connectivity index (χ4v) is 2.06. The molecule has 0 fully saturated rings. The van der Waals surface area contributed by atoms with E-state index in [4.69, 9.17) is 0 Å². The minimum absolute atomic E-state index is 0.837. The predicted octanol–water partition coefficient (Wildman–Crippen LogP) is 4.45. The zero-order valence-corrected chi connectivity index (χ0v) is 11.4. The first-order valence-electron chi connectivity index (χ1n) is 6.14. The van der Waals surface area contributed by atoms with Crippen LogP contribution in [-0.2, 0) is 0 Å². The van der Waals surface area contributed by atoms with Gasteiger partial charge >= 0.3 is 0 Å². The molecule has 2 heteroatoms. The van der Waals surface area contributed by atoms with Crippen LogP contribution in [0.15, 0.2) is 36.4 Å². The monoisotopic (exact) mass is 241 g/mol. The first-order valence-corrected chi connectivity index (χ1v) is 6.14. The summed E-state index contributed by atoms with van der Waals surface area (Å²) < 4.78 is 0. The summed E-state index contributed by atoms with van der Waals surface area (Å²) in [5.41, 5.74) is 6.22. The van der Waals surface area contributed by atoms with Gasteiger partial charge in [-0.1, -0.05) is 24.3 Å². The molecule has 0 atom stereocenters. The van der Waals surface area contributed by atoms with Crippen LogP contribution in [-0.4, -0.2) is 5.21 Å². The summed E-state index contributed by atoms with van der Waals surface area (Å²) in [6, 6.07) is 11.9. The van der Waals surface area contributed by atoms with Crippen LogP contribution in [0.4, 0.5) is 11.4 Å². The van der Waals surface area contributed by atoms with Crippen molar-refractivity contribution in [3.05, 3.63) is 58.7 Å². The first-order chi connectivity index (χ1) is 8.52. The van der Waals surface area contributed by atoms with E-state index in [2.05, 4.69) is 26.0 Å². The summed E-state index contributed by atoms with van der Waals surface area (Å²) in [6.45, 7) is 8.16. The molecule has 2 aromatic carbocycles. The van der Waals surface area contributed by atoms with Crippen LogP contribution in [0.2, 0.25) is 0 Å². The molecule has 2 nitrogen and oxygen atoms in total. The second-order valence-electron chi connectivity index (χ2n) is 4.75. The molecule has 0 aliphatic carbocycles. The molecule has 18 heavy (non-hydrogen) atoms. The van der Waals surface area contributed by atoms with Crippen LogP contribution < -0.4 is 5.06 Å². The lowest BCUT2D eigenvalue weighted by Gasteiger charge is -2.22. The van der Waals surface area contributed by atoms with Gasteiger partial charge in [-0.3, -0.25) is 5.21 Å². The summed E-state index contributed by atoms with van der Waals surface area (Å²) in [7, 11) is 0. The lowest BCUT2D eigenvalue weighted by atomic mass is 10.1. The highest BCUT2D eigenvalue weighted by Gasteiger charge is 2.12. The van der Waals surface area contributed by atoms with Gasteiger partial charge in [0.25, 0.3) is 0 Å². The molecule has 1 N–H and O–H groups in total. The molecule has 0 radical (unpaired) electrons. The molecule has 0 aliphatic rings. The Kier molecular flexibility index (Phi) is 3.39. The fraction of sp³-hybridized carbons (Fsp3) is 0.250. The lowest BCUT2D eigenvalue weighted by molar-refractivity contribution is 0.300. The van der Waals surface area contributed by atoms with E-state index in [0.29, 0.717) is 0 Å². The predicted molar refractivity (Wildman–Crippen MR) is 75.8 cm³/mol. The van der Waals surface area contributed by atoms with Crippen molar-refractivity contribution in [1.82, 2.24) is 0 Å². The van der Waals surface area contributed by atoms with Crippen molar-refractivity contribution in [3.8, 4) is 0 Å². The second-order valence-corrected chi connectivity index (χ2v) is 4.75. The summed E-state index contributed by atoms with van der Waals surface area (Å²) in [5.74, 6) is 0. The third kappa shape index (κ3) is 2.12. The molecule has 0 aromatic heterocycles. The van der Waals surface area contributed by atoms with Crippen molar-refractivity contribution in [3.63, 3.8) is 0 Å². The number of nitrogens with zero attached hydrogens (tertiary/aromatic N) is 1. The molecule has 0 saturated heterocycles. The van der Waals surface area contributed by atoms with E-state index in [1.165, 1.54) is 16.2 Å². The third-order valence-electron chi connectivity index (χ3n) is 3.61. The van der Waals surface area contributed by atoms with Crippen LogP contribution in [0.3, 0.4) is 0 Å². The molecule has 2 rings (SSSR count). The Morgan fingerprint density at radius 2 is 1.11 bits per heavy atom. The second kappa shape index (κ2) is 4.83. The minimum Gasteiger partial charge on any atom is -0.283 e. The van der Waals surface area contributed by atoms with Crippen molar-refractivity contribution in [1.29, 1.82) is 0 Å². The van der Waals surface area contributed by atoms with E-state index in [1.54, 1.807) is 0 Å². The largest absolute Gasteiger partial charge is 0.283 e. The van der Waals surface area contributed by atoms with Gasteiger partial charge in [0, 0.05) is 0 Å². The van der Waals surface area contributed by atoms with Crippen LogP contribution >= 0.6 is 0 Å². The summed E-state index contributed by atoms with van der Waals surface area (Å²) in [6.07, 6.45) is 0. The highest BCUT2D eigenvalue weighted by atomic mass is 16.5. The van der Waals surface area contributed by atoms with Gasteiger partial charge in [-0.25, -0.2) is 5.06 Å². The zero-order valence-electron chi connectivity index (χ0n) is 11.4. The van der Waals surface area contributed by atoms with Gasteiger partial charge in [-0.15, -0.1) is 0 Å². The molecule has 94 valence electrons. The average molecular weight is 241 g/mol. The third-order valence-corrected chi connectivity index (χ3v) is 3.61. The Labute approximate surface area is 108 Å². The molecule has 0 bridgehead atoms. The number of hydrogen-bond donors (Lipinski definition) is 1. The standard InChI is InChI=1S/C16H19NO/c1-11-7-5-9-15(13(11)3)17(18)16-10-6-8-12(2)14(16)4/h5-10,18H,1-4H3. The Balaban J connectivity index is 2.51. The number of aryl methyl sites for hydroxylation is 2. The van der Waals surface area contributed by atoms with Crippen molar-refractivity contribution in [2.75, 3.05) is 5.06 Å². The quantitative estimate of drug-likeness (QED) is 0.785. The molecular weight excluding hydrogens is 222 g/mol. The molecule has 2 aromatic rings. The first kappa shape index (κ1) is 12.7. The van der Waals surface area contributed by atoms with E-state index >= 15 is 0 Å². The minimum atomic E-state index is 0.837.